The zero-order valence-corrected chi connectivity index (χ0v) is 9.91. The number of carbonyl (C=O) groups is 1. The van der Waals surface area contributed by atoms with Crippen LogP contribution in [-0.4, -0.2) is 48.1 Å². The van der Waals surface area contributed by atoms with Crippen LogP contribution in [0, 0.1) is 0 Å². The second-order valence-electron chi connectivity index (χ2n) is 5.58. The fourth-order valence-corrected chi connectivity index (χ4v) is 3.15. The van der Waals surface area contributed by atoms with Crippen LogP contribution >= 0.6 is 0 Å². The Kier molecular flexibility index (Phi) is 2.64. The summed E-state index contributed by atoms with van der Waals surface area (Å²) in [6.07, 6.45) is 4.68. The molecule has 1 aliphatic carbocycles. The Labute approximate surface area is 96.8 Å². The molecule has 2 heterocycles. The summed E-state index contributed by atoms with van der Waals surface area (Å²) in [7, 11) is 0. The molecule has 2 N–H and O–H groups in total. The maximum Gasteiger partial charge on any atom is 0.221 e. The third-order valence-electron chi connectivity index (χ3n) is 4.09. The maximum absolute atomic E-state index is 11.1. The van der Waals surface area contributed by atoms with Gasteiger partial charge in [-0.2, -0.15) is 0 Å². The number of amides is 1. The fraction of sp³-hybridized carbons (Fsp3) is 0.917. The van der Waals surface area contributed by atoms with Crippen LogP contribution in [0.1, 0.15) is 32.6 Å². The van der Waals surface area contributed by atoms with E-state index in [1.54, 1.807) is 0 Å². The summed E-state index contributed by atoms with van der Waals surface area (Å²) < 4.78 is 0. The summed E-state index contributed by atoms with van der Waals surface area (Å²) in [4.78, 5) is 13.8. The van der Waals surface area contributed by atoms with Crippen LogP contribution in [0.3, 0.4) is 0 Å². The lowest BCUT2D eigenvalue weighted by Gasteiger charge is -2.20. The van der Waals surface area contributed by atoms with Crippen molar-refractivity contribution in [3.05, 3.63) is 0 Å². The van der Waals surface area contributed by atoms with Crippen molar-refractivity contribution in [2.75, 3.05) is 13.1 Å². The first-order valence-electron chi connectivity index (χ1n) is 6.51. The van der Waals surface area contributed by atoms with Crippen molar-refractivity contribution < 1.29 is 4.79 Å². The van der Waals surface area contributed by atoms with Gasteiger partial charge in [0.15, 0.2) is 0 Å². The number of nitrogens with zero attached hydrogens (tertiary/aromatic N) is 1. The van der Waals surface area contributed by atoms with Gasteiger partial charge in [-0.1, -0.05) is 0 Å². The highest BCUT2D eigenvalue weighted by Crippen LogP contribution is 2.33. The minimum absolute atomic E-state index is 0.197. The molecule has 0 aromatic heterocycles. The molecule has 3 aliphatic rings. The van der Waals surface area contributed by atoms with E-state index in [2.05, 4.69) is 22.5 Å². The molecule has 0 aromatic carbocycles. The lowest BCUT2D eigenvalue weighted by Crippen LogP contribution is -2.41. The standard InChI is InChI=1S/C12H21N3O/c1-8-4-10(7-15(8)11-2-3-11)14-9-5-12(16)13-6-9/h8-11,14H,2-7H2,1H3,(H,13,16). The number of carbonyl (C=O) groups excluding carboxylic acids is 1. The molecule has 3 atom stereocenters. The molecule has 3 fully saturated rings. The second-order valence-corrected chi connectivity index (χ2v) is 5.58. The smallest absolute Gasteiger partial charge is 0.221 e. The molecule has 0 aromatic rings. The molecule has 3 unspecified atom stereocenters. The molecule has 1 amide bonds. The Morgan fingerprint density at radius 2 is 2.19 bits per heavy atom. The van der Waals surface area contributed by atoms with Gasteiger partial charge in [0.2, 0.25) is 5.91 Å². The van der Waals surface area contributed by atoms with Crippen molar-refractivity contribution >= 4 is 5.91 Å². The summed E-state index contributed by atoms with van der Waals surface area (Å²) in [5, 5.41) is 6.51. The molecule has 0 spiro atoms. The SMILES string of the molecule is CC1CC(NC2CNC(=O)C2)CN1C1CC1. The van der Waals surface area contributed by atoms with Crippen LogP contribution in [-0.2, 0) is 4.79 Å². The third kappa shape index (κ3) is 2.09. The number of likely N-dealkylation sites (tertiary alicyclic amines) is 1. The molecule has 90 valence electrons. The highest BCUT2D eigenvalue weighted by atomic mass is 16.1. The molecular weight excluding hydrogens is 202 g/mol. The molecule has 2 saturated heterocycles. The molecule has 3 rings (SSSR count). The van der Waals surface area contributed by atoms with E-state index < -0.39 is 0 Å². The Bertz CT molecular complexity index is 290. The Balaban J connectivity index is 1.51. The third-order valence-corrected chi connectivity index (χ3v) is 4.09. The van der Waals surface area contributed by atoms with Crippen molar-refractivity contribution in [1.82, 2.24) is 15.5 Å². The minimum atomic E-state index is 0.197. The zero-order chi connectivity index (χ0) is 11.1. The van der Waals surface area contributed by atoms with E-state index in [0.717, 1.165) is 18.6 Å². The Morgan fingerprint density at radius 1 is 1.38 bits per heavy atom. The number of rotatable bonds is 3. The van der Waals surface area contributed by atoms with Crippen molar-refractivity contribution in [3.63, 3.8) is 0 Å². The first-order chi connectivity index (χ1) is 7.72. The van der Waals surface area contributed by atoms with Crippen LogP contribution in [0.2, 0.25) is 0 Å². The predicted octanol–water partition coefficient (Wildman–Crippen LogP) is 0.0897. The zero-order valence-electron chi connectivity index (χ0n) is 9.91. The van der Waals surface area contributed by atoms with Gasteiger partial charge in [-0.25, -0.2) is 0 Å². The van der Waals surface area contributed by atoms with Crippen molar-refractivity contribution in [2.45, 2.75) is 56.8 Å². The first kappa shape index (κ1) is 10.5. The minimum Gasteiger partial charge on any atom is -0.354 e. The van der Waals surface area contributed by atoms with Crippen LogP contribution in [0.25, 0.3) is 0 Å². The van der Waals surface area contributed by atoms with Crippen molar-refractivity contribution in [3.8, 4) is 0 Å². The van der Waals surface area contributed by atoms with E-state index in [1.165, 1.54) is 25.8 Å². The summed E-state index contributed by atoms with van der Waals surface area (Å²) in [6.45, 7) is 4.32. The molecule has 4 heteroatoms. The van der Waals surface area contributed by atoms with Gasteiger partial charge in [0.05, 0.1) is 0 Å². The van der Waals surface area contributed by atoms with Gasteiger partial charge < -0.3 is 10.6 Å². The molecule has 0 radical (unpaired) electrons. The summed E-state index contributed by atoms with van der Waals surface area (Å²) in [6, 6.07) is 2.54. The van der Waals surface area contributed by atoms with Crippen LogP contribution in [0.5, 0.6) is 0 Å². The van der Waals surface area contributed by atoms with Gasteiger partial charge in [-0.3, -0.25) is 9.69 Å². The van der Waals surface area contributed by atoms with Gasteiger partial charge in [-0.15, -0.1) is 0 Å². The van der Waals surface area contributed by atoms with Crippen LogP contribution in [0.4, 0.5) is 0 Å². The quantitative estimate of drug-likeness (QED) is 0.713. The monoisotopic (exact) mass is 223 g/mol. The van der Waals surface area contributed by atoms with Crippen LogP contribution < -0.4 is 10.6 Å². The van der Waals surface area contributed by atoms with Gasteiger partial charge in [-0.05, 0) is 26.2 Å². The molecule has 4 nitrogen and oxygen atoms in total. The lowest BCUT2D eigenvalue weighted by atomic mass is 10.1. The largest absolute Gasteiger partial charge is 0.354 e. The van der Waals surface area contributed by atoms with Crippen molar-refractivity contribution in [2.24, 2.45) is 0 Å². The summed E-state index contributed by atoms with van der Waals surface area (Å²) in [5.41, 5.74) is 0. The average Bonchev–Trinajstić information content (AvgIpc) is 2.91. The molecule has 0 bridgehead atoms. The first-order valence-corrected chi connectivity index (χ1v) is 6.51. The van der Waals surface area contributed by atoms with E-state index in [0.29, 0.717) is 18.5 Å². The highest BCUT2D eigenvalue weighted by molar-refractivity contribution is 5.78. The average molecular weight is 223 g/mol. The second kappa shape index (κ2) is 4.00. The molecule has 2 aliphatic heterocycles. The maximum atomic E-state index is 11.1. The predicted molar refractivity (Wildman–Crippen MR) is 62.1 cm³/mol. The van der Waals surface area contributed by atoms with Gasteiger partial charge in [0, 0.05) is 43.7 Å². The van der Waals surface area contributed by atoms with E-state index in [1.807, 2.05) is 0 Å². The fourth-order valence-electron chi connectivity index (χ4n) is 3.15. The molecule has 1 saturated carbocycles. The lowest BCUT2D eigenvalue weighted by molar-refractivity contribution is -0.119. The molecular formula is C12H21N3O. The van der Waals surface area contributed by atoms with Crippen molar-refractivity contribution in [1.29, 1.82) is 0 Å². The van der Waals surface area contributed by atoms with E-state index in [9.17, 15) is 4.79 Å². The van der Waals surface area contributed by atoms with E-state index in [-0.39, 0.29) is 5.91 Å². The highest BCUT2D eigenvalue weighted by Gasteiger charge is 2.39. The molecule has 16 heavy (non-hydrogen) atoms. The van der Waals surface area contributed by atoms with Gasteiger partial charge in [0.25, 0.3) is 0 Å². The van der Waals surface area contributed by atoms with E-state index in [4.69, 9.17) is 0 Å². The normalized spacial score (nSPS) is 40.3. The number of nitrogens with one attached hydrogen (secondary N) is 2. The Morgan fingerprint density at radius 3 is 2.81 bits per heavy atom. The van der Waals surface area contributed by atoms with E-state index >= 15 is 0 Å². The van der Waals surface area contributed by atoms with Gasteiger partial charge in [0.1, 0.15) is 0 Å². The number of hydrogen-bond donors (Lipinski definition) is 2. The van der Waals surface area contributed by atoms with Gasteiger partial charge >= 0.3 is 0 Å². The summed E-state index contributed by atoms with van der Waals surface area (Å²) in [5.74, 6) is 0.197. The van der Waals surface area contributed by atoms with Crippen LogP contribution in [0.15, 0.2) is 0 Å². The number of hydrogen-bond acceptors (Lipinski definition) is 3. The Hall–Kier alpha value is -0.610. The summed E-state index contributed by atoms with van der Waals surface area (Å²) >= 11 is 0. The topological polar surface area (TPSA) is 44.4 Å².